The van der Waals surface area contributed by atoms with Crippen molar-refractivity contribution >= 4 is 37.1 Å². The standard InChI is InChI=1S/C20H18BrNO2S/c21-16-6-2-14(3-7-16)18-12-20(10-1-11-20)13-19(18)15-4-8-17(9-5-15)25(22,23)24/h2-9,12-13H,1,10-11H2,(H2,22,23,24). The molecule has 0 unspecified atom stereocenters. The lowest BCUT2D eigenvalue weighted by molar-refractivity contribution is 0.282. The lowest BCUT2D eigenvalue weighted by Gasteiger charge is -2.34. The van der Waals surface area contributed by atoms with Gasteiger partial charge in [0.15, 0.2) is 0 Å². The molecular formula is C20H18BrNO2S. The van der Waals surface area contributed by atoms with E-state index in [1.807, 2.05) is 24.3 Å². The molecule has 0 heterocycles. The lowest BCUT2D eigenvalue weighted by atomic mass is 9.70. The van der Waals surface area contributed by atoms with Crippen LogP contribution in [-0.2, 0) is 10.0 Å². The van der Waals surface area contributed by atoms with E-state index in [-0.39, 0.29) is 10.3 Å². The Hall–Kier alpha value is -1.69. The fourth-order valence-electron chi connectivity index (χ4n) is 3.58. The van der Waals surface area contributed by atoms with Crippen molar-refractivity contribution in [3.05, 3.63) is 76.3 Å². The zero-order chi connectivity index (χ0) is 17.7. The molecule has 0 bridgehead atoms. The third kappa shape index (κ3) is 3.12. The molecule has 0 amide bonds. The molecular weight excluding hydrogens is 398 g/mol. The van der Waals surface area contributed by atoms with E-state index in [1.165, 1.54) is 36.0 Å². The highest BCUT2D eigenvalue weighted by atomic mass is 79.9. The van der Waals surface area contributed by atoms with Crippen molar-refractivity contribution < 1.29 is 8.42 Å². The summed E-state index contributed by atoms with van der Waals surface area (Å²) in [5, 5.41) is 5.21. The van der Waals surface area contributed by atoms with Crippen LogP contribution in [0.25, 0.3) is 11.1 Å². The summed E-state index contributed by atoms with van der Waals surface area (Å²) in [4.78, 5) is 0.141. The number of hydrogen-bond acceptors (Lipinski definition) is 2. The van der Waals surface area contributed by atoms with E-state index in [2.05, 4.69) is 40.2 Å². The van der Waals surface area contributed by atoms with Gasteiger partial charge >= 0.3 is 0 Å². The first kappa shape index (κ1) is 16.8. The number of nitrogens with two attached hydrogens (primary N) is 1. The van der Waals surface area contributed by atoms with Gasteiger partial charge in [-0.15, -0.1) is 0 Å². The van der Waals surface area contributed by atoms with Crippen molar-refractivity contribution in [1.29, 1.82) is 0 Å². The van der Waals surface area contributed by atoms with Gasteiger partial charge < -0.3 is 0 Å². The van der Waals surface area contributed by atoms with Gasteiger partial charge in [-0.05, 0) is 59.4 Å². The molecule has 0 atom stereocenters. The van der Waals surface area contributed by atoms with Crippen LogP contribution >= 0.6 is 15.9 Å². The Balaban J connectivity index is 1.77. The summed E-state index contributed by atoms with van der Waals surface area (Å²) in [7, 11) is -3.67. The second-order valence-corrected chi connectivity index (χ2v) is 9.26. The minimum atomic E-state index is -3.67. The van der Waals surface area contributed by atoms with Crippen molar-refractivity contribution in [3.8, 4) is 0 Å². The molecule has 2 aromatic rings. The Bertz CT molecular complexity index is 983. The zero-order valence-corrected chi connectivity index (χ0v) is 16.0. The van der Waals surface area contributed by atoms with Crippen molar-refractivity contribution in [3.63, 3.8) is 0 Å². The predicted octanol–water partition coefficient (Wildman–Crippen LogP) is 4.75. The molecule has 0 radical (unpaired) electrons. The molecule has 4 rings (SSSR count). The Kier molecular flexibility index (Phi) is 3.98. The second-order valence-electron chi connectivity index (χ2n) is 6.78. The van der Waals surface area contributed by atoms with Gasteiger partial charge in [0.05, 0.1) is 4.90 Å². The molecule has 3 nitrogen and oxygen atoms in total. The monoisotopic (exact) mass is 415 g/mol. The van der Waals surface area contributed by atoms with Crippen LogP contribution in [0.1, 0.15) is 30.4 Å². The van der Waals surface area contributed by atoms with Crippen molar-refractivity contribution in [2.75, 3.05) is 0 Å². The molecule has 5 heteroatoms. The number of halogens is 1. The first-order valence-corrected chi connectivity index (χ1v) is 10.6. The number of allylic oxidation sites excluding steroid dienone is 4. The molecule has 1 saturated carbocycles. The highest BCUT2D eigenvalue weighted by Gasteiger charge is 2.38. The number of rotatable bonds is 3. The SMILES string of the molecule is NS(=O)(=O)c1ccc(C2=CC3(C=C2c2ccc(Br)cc2)CCC3)cc1. The maximum absolute atomic E-state index is 11.5. The van der Waals surface area contributed by atoms with E-state index in [0.717, 1.165) is 10.0 Å². The van der Waals surface area contributed by atoms with E-state index < -0.39 is 10.0 Å². The predicted molar refractivity (Wildman–Crippen MR) is 104 cm³/mol. The first-order valence-electron chi connectivity index (χ1n) is 8.22. The van der Waals surface area contributed by atoms with Gasteiger partial charge in [-0.3, -0.25) is 0 Å². The van der Waals surface area contributed by atoms with Crippen LogP contribution in [0.2, 0.25) is 0 Å². The van der Waals surface area contributed by atoms with E-state index in [4.69, 9.17) is 5.14 Å². The number of hydrogen-bond donors (Lipinski definition) is 1. The Morgan fingerprint density at radius 3 is 1.72 bits per heavy atom. The first-order chi connectivity index (χ1) is 11.9. The average Bonchev–Trinajstić information content (AvgIpc) is 2.96. The Morgan fingerprint density at radius 2 is 1.32 bits per heavy atom. The van der Waals surface area contributed by atoms with E-state index >= 15 is 0 Å². The largest absolute Gasteiger partial charge is 0.238 e. The zero-order valence-electron chi connectivity index (χ0n) is 13.6. The van der Waals surface area contributed by atoms with Crippen LogP contribution in [0.15, 0.2) is 70.1 Å². The van der Waals surface area contributed by atoms with Crippen LogP contribution in [0, 0.1) is 5.41 Å². The molecule has 1 fully saturated rings. The summed E-state index contributed by atoms with van der Waals surface area (Å²) < 4.78 is 24.0. The summed E-state index contributed by atoms with van der Waals surface area (Å²) >= 11 is 3.49. The van der Waals surface area contributed by atoms with Gasteiger partial charge in [-0.2, -0.15) is 0 Å². The minimum Gasteiger partial charge on any atom is -0.225 e. The molecule has 2 aliphatic carbocycles. The van der Waals surface area contributed by atoms with E-state index in [1.54, 1.807) is 12.1 Å². The van der Waals surface area contributed by atoms with Gasteiger partial charge in [0.2, 0.25) is 10.0 Å². The summed E-state index contributed by atoms with van der Waals surface area (Å²) in [6, 6.07) is 15.2. The highest BCUT2D eigenvalue weighted by Crippen LogP contribution is 2.53. The molecule has 128 valence electrons. The van der Waals surface area contributed by atoms with E-state index in [9.17, 15) is 8.42 Å². The van der Waals surface area contributed by atoms with Crippen molar-refractivity contribution in [2.24, 2.45) is 10.6 Å². The fourth-order valence-corrected chi connectivity index (χ4v) is 4.36. The summed E-state index contributed by atoms with van der Waals surface area (Å²) in [5.74, 6) is 0. The summed E-state index contributed by atoms with van der Waals surface area (Å²) in [6.45, 7) is 0. The molecule has 0 aliphatic heterocycles. The molecule has 1 spiro atoms. The minimum absolute atomic E-state index is 0.141. The van der Waals surface area contributed by atoms with Gasteiger partial charge in [0.1, 0.15) is 0 Å². The van der Waals surface area contributed by atoms with Crippen LogP contribution in [0.4, 0.5) is 0 Å². The number of primary sulfonamides is 1. The van der Waals surface area contributed by atoms with Gasteiger partial charge in [-0.25, -0.2) is 13.6 Å². The third-order valence-corrected chi connectivity index (χ3v) is 6.55. The summed E-state index contributed by atoms with van der Waals surface area (Å²) in [6.07, 6.45) is 8.32. The molecule has 0 saturated heterocycles. The molecule has 2 N–H and O–H groups in total. The van der Waals surface area contributed by atoms with Crippen molar-refractivity contribution in [1.82, 2.24) is 0 Å². The quantitative estimate of drug-likeness (QED) is 0.785. The Labute approximate surface area is 156 Å². The maximum Gasteiger partial charge on any atom is 0.238 e. The van der Waals surface area contributed by atoms with Crippen LogP contribution in [-0.4, -0.2) is 8.42 Å². The molecule has 2 aromatic carbocycles. The number of benzene rings is 2. The van der Waals surface area contributed by atoms with Crippen LogP contribution in [0.3, 0.4) is 0 Å². The smallest absolute Gasteiger partial charge is 0.225 e. The number of sulfonamides is 1. The fraction of sp³-hybridized carbons (Fsp3) is 0.200. The van der Waals surface area contributed by atoms with Crippen LogP contribution in [0.5, 0.6) is 0 Å². The lowest BCUT2D eigenvalue weighted by Crippen LogP contribution is -2.22. The second kappa shape index (κ2) is 5.94. The molecule has 0 aromatic heterocycles. The third-order valence-electron chi connectivity index (χ3n) is 5.09. The normalized spacial score (nSPS) is 18.6. The molecule has 25 heavy (non-hydrogen) atoms. The maximum atomic E-state index is 11.5. The molecule has 2 aliphatic rings. The summed E-state index contributed by atoms with van der Waals surface area (Å²) in [5.41, 5.74) is 4.74. The highest BCUT2D eigenvalue weighted by molar-refractivity contribution is 9.10. The van der Waals surface area contributed by atoms with Gasteiger partial charge in [0, 0.05) is 9.89 Å². The van der Waals surface area contributed by atoms with Gasteiger partial charge in [-0.1, -0.05) is 58.8 Å². The van der Waals surface area contributed by atoms with E-state index in [0.29, 0.717) is 0 Å². The van der Waals surface area contributed by atoms with Crippen LogP contribution < -0.4 is 5.14 Å². The average molecular weight is 416 g/mol. The topological polar surface area (TPSA) is 60.2 Å². The van der Waals surface area contributed by atoms with Crippen molar-refractivity contribution in [2.45, 2.75) is 24.2 Å². The Morgan fingerprint density at radius 1 is 0.840 bits per heavy atom. The van der Waals surface area contributed by atoms with Gasteiger partial charge in [0.25, 0.3) is 0 Å².